The Balaban J connectivity index is 1.92. The number of rotatable bonds is 5. The molecule has 0 bridgehead atoms. The predicted molar refractivity (Wildman–Crippen MR) is 82.8 cm³/mol. The molecule has 0 spiro atoms. The SMILES string of the molecule is CC(C=Cc1ccccc1)N(C)Cc1ccccc1. The van der Waals surface area contributed by atoms with Crippen molar-refractivity contribution in [1.82, 2.24) is 4.90 Å². The van der Waals surface area contributed by atoms with Gasteiger partial charge in [0.05, 0.1) is 0 Å². The Morgan fingerprint density at radius 3 is 2.16 bits per heavy atom. The number of hydrogen-bond acceptors (Lipinski definition) is 1. The third-order valence-electron chi connectivity index (χ3n) is 3.34. The fourth-order valence-electron chi connectivity index (χ4n) is 1.98. The van der Waals surface area contributed by atoms with Crippen LogP contribution in [0.5, 0.6) is 0 Å². The summed E-state index contributed by atoms with van der Waals surface area (Å²) in [6.07, 6.45) is 4.43. The minimum atomic E-state index is 0.417. The second-order valence-electron chi connectivity index (χ2n) is 4.91. The Hall–Kier alpha value is -1.86. The van der Waals surface area contributed by atoms with E-state index in [2.05, 4.69) is 85.6 Å². The maximum Gasteiger partial charge on any atom is 0.0253 e. The van der Waals surface area contributed by atoms with Crippen LogP contribution in [0.3, 0.4) is 0 Å². The van der Waals surface area contributed by atoms with Crippen LogP contribution in [-0.2, 0) is 6.54 Å². The molecular formula is C18H21N. The smallest absolute Gasteiger partial charge is 0.0253 e. The summed E-state index contributed by atoms with van der Waals surface area (Å²) in [6, 6.07) is 21.4. The van der Waals surface area contributed by atoms with Gasteiger partial charge in [0.2, 0.25) is 0 Å². The lowest BCUT2D eigenvalue weighted by molar-refractivity contribution is 0.289. The number of hydrogen-bond donors (Lipinski definition) is 0. The predicted octanol–water partition coefficient (Wildman–Crippen LogP) is 4.22. The molecule has 1 atom stereocenters. The first-order chi connectivity index (χ1) is 9.25. The number of nitrogens with zero attached hydrogens (tertiary/aromatic N) is 1. The van der Waals surface area contributed by atoms with E-state index in [-0.39, 0.29) is 0 Å². The van der Waals surface area contributed by atoms with Crippen LogP contribution in [-0.4, -0.2) is 18.0 Å². The lowest BCUT2D eigenvalue weighted by Gasteiger charge is -2.22. The van der Waals surface area contributed by atoms with Gasteiger partial charge in [-0.2, -0.15) is 0 Å². The zero-order valence-corrected chi connectivity index (χ0v) is 11.7. The Morgan fingerprint density at radius 1 is 0.947 bits per heavy atom. The first-order valence-corrected chi connectivity index (χ1v) is 6.73. The largest absolute Gasteiger partial charge is 0.296 e. The second kappa shape index (κ2) is 6.91. The summed E-state index contributed by atoms with van der Waals surface area (Å²) in [4.78, 5) is 2.34. The maximum atomic E-state index is 2.34. The standard InChI is InChI=1S/C18H21N/c1-16(13-14-17-9-5-3-6-10-17)19(2)15-18-11-7-4-8-12-18/h3-14,16H,15H2,1-2H3. The van der Waals surface area contributed by atoms with Crippen molar-refractivity contribution in [3.8, 4) is 0 Å². The highest BCUT2D eigenvalue weighted by atomic mass is 15.1. The highest BCUT2D eigenvalue weighted by Gasteiger charge is 2.05. The van der Waals surface area contributed by atoms with E-state index < -0.39 is 0 Å². The van der Waals surface area contributed by atoms with Gasteiger partial charge in [-0.3, -0.25) is 4.90 Å². The minimum Gasteiger partial charge on any atom is -0.296 e. The molecule has 1 nitrogen and oxygen atoms in total. The van der Waals surface area contributed by atoms with Gasteiger partial charge in [-0.05, 0) is 25.1 Å². The Labute approximate surface area is 116 Å². The van der Waals surface area contributed by atoms with Crippen molar-refractivity contribution < 1.29 is 0 Å². The molecule has 0 aliphatic heterocycles. The molecule has 19 heavy (non-hydrogen) atoms. The van der Waals surface area contributed by atoms with E-state index in [1.807, 2.05) is 6.07 Å². The van der Waals surface area contributed by atoms with E-state index in [4.69, 9.17) is 0 Å². The van der Waals surface area contributed by atoms with E-state index in [0.29, 0.717) is 6.04 Å². The molecule has 0 N–H and O–H groups in total. The van der Waals surface area contributed by atoms with Crippen LogP contribution in [0.25, 0.3) is 6.08 Å². The van der Waals surface area contributed by atoms with Crippen molar-refractivity contribution in [3.63, 3.8) is 0 Å². The third-order valence-corrected chi connectivity index (χ3v) is 3.34. The van der Waals surface area contributed by atoms with Crippen LogP contribution < -0.4 is 0 Å². The zero-order valence-electron chi connectivity index (χ0n) is 11.7. The van der Waals surface area contributed by atoms with Crippen LogP contribution in [0, 0.1) is 0 Å². The van der Waals surface area contributed by atoms with E-state index in [0.717, 1.165) is 6.54 Å². The van der Waals surface area contributed by atoms with Crippen LogP contribution in [0.4, 0.5) is 0 Å². The molecule has 1 unspecified atom stereocenters. The van der Waals surface area contributed by atoms with Gasteiger partial charge >= 0.3 is 0 Å². The summed E-state index contributed by atoms with van der Waals surface area (Å²) >= 11 is 0. The molecule has 1 heteroatoms. The average Bonchev–Trinajstić information content (AvgIpc) is 2.47. The molecule has 0 fully saturated rings. The zero-order chi connectivity index (χ0) is 13.5. The van der Waals surface area contributed by atoms with Gasteiger partial charge in [0.25, 0.3) is 0 Å². The van der Waals surface area contributed by atoms with Gasteiger partial charge in [-0.1, -0.05) is 72.8 Å². The first-order valence-electron chi connectivity index (χ1n) is 6.73. The lowest BCUT2D eigenvalue weighted by Crippen LogP contribution is -2.26. The number of benzene rings is 2. The molecule has 0 aliphatic carbocycles. The number of likely N-dealkylation sites (N-methyl/N-ethyl adjacent to an activating group) is 1. The van der Waals surface area contributed by atoms with Gasteiger partial charge in [0, 0.05) is 12.6 Å². The monoisotopic (exact) mass is 251 g/mol. The summed E-state index contributed by atoms with van der Waals surface area (Å²) in [6.45, 7) is 3.20. The van der Waals surface area contributed by atoms with Crippen molar-refractivity contribution in [2.75, 3.05) is 7.05 Å². The summed E-state index contributed by atoms with van der Waals surface area (Å²) < 4.78 is 0. The van der Waals surface area contributed by atoms with Gasteiger partial charge < -0.3 is 0 Å². The lowest BCUT2D eigenvalue weighted by atomic mass is 10.1. The normalized spacial score (nSPS) is 13.0. The van der Waals surface area contributed by atoms with E-state index >= 15 is 0 Å². The van der Waals surface area contributed by atoms with Crippen molar-refractivity contribution in [2.24, 2.45) is 0 Å². The molecule has 0 aliphatic rings. The van der Waals surface area contributed by atoms with Crippen molar-refractivity contribution in [2.45, 2.75) is 19.5 Å². The van der Waals surface area contributed by atoms with Crippen LogP contribution in [0.2, 0.25) is 0 Å². The van der Waals surface area contributed by atoms with Gasteiger partial charge in [0.15, 0.2) is 0 Å². The van der Waals surface area contributed by atoms with Gasteiger partial charge in [-0.25, -0.2) is 0 Å². The summed E-state index contributed by atoms with van der Waals surface area (Å²) in [5.74, 6) is 0. The fourth-order valence-corrected chi connectivity index (χ4v) is 1.98. The molecular weight excluding hydrogens is 230 g/mol. The average molecular weight is 251 g/mol. The second-order valence-corrected chi connectivity index (χ2v) is 4.91. The molecule has 0 aromatic heterocycles. The van der Waals surface area contributed by atoms with Crippen LogP contribution >= 0.6 is 0 Å². The summed E-state index contributed by atoms with van der Waals surface area (Å²) in [7, 11) is 2.16. The molecule has 0 saturated heterocycles. The molecule has 98 valence electrons. The Morgan fingerprint density at radius 2 is 1.53 bits per heavy atom. The minimum absolute atomic E-state index is 0.417. The highest BCUT2D eigenvalue weighted by Crippen LogP contribution is 2.09. The summed E-state index contributed by atoms with van der Waals surface area (Å²) in [5, 5.41) is 0. The molecule has 2 rings (SSSR count). The summed E-state index contributed by atoms with van der Waals surface area (Å²) in [5.41, 5.74) is 2.60. The molecule has 0 amide bonds. The molecule has 0 heterocycles. The quantitative estimate of drug-likeness (QED) is 0.769. The van der Waals surface area contributed by atoms with Crippen molar-refractivity contribution in [1.29, 1.82) is 0 Å². The van der Waals surface area contributed by atoms with Crippen molar-refractivity contribution >= 4 is 6.08 Å². The first kappa shape index (κ1) is 13.6. The highest BCUT2D eigenvalue weighted by molar-refractivity contribution is 5.49. The fraction of sp³-hybridized carbons (Fsp3) is 0.222. The molecule has 0 radical (unpaired) electrons. The third kappa shape index (κ3) is 4.38. The van der Waals surface area contributed by atoms with Crippen LogP contribution in [0.15, 0.2) is 66.7 Å². The van der Waals surface area contributed by atoms with E-state index in [1.54, 1.807) is 0 Å². The van der Waals surface area contributed by atoms with Gasteiger partial charge in [0.1, 0.15) is 0 Å². The van der Waals surface area contributed by atoms with Crippen LogP contribution in [0.1, 0.15) is 18.1 Å². The molecule has 2 aromatic rings. The maximum absolute atomic E-state index is 2.34. The topological polar surface area (TPSA) is 3.24 Å². The molecule has 2 aromatic carbocycles. The van der Waals surface area contributed by atoms with Gasteiger partial charge in [-0.15, -0.1) is 0 Å². The van der Waals surface area contributed by atoms with E-state index in [1.165, 1.54) is 11.1 Å². The molecule has 0 saturated carbocycles. The Kier molecular flexibility index (Phi) is 4.93. The van der Waals surface area contributed by atoms with Crippen molar-refractivity contribution in [3.05, 3.63) is 77.9 Å². The Bertz CT molecular complexity index is 502. The van der Waals surface area contributed by atoms with E-state index in [9.17, 15) is 0 Å².